The van der Waals surface area contributed by atoms with Gasteiger partial charge in [-0.1, -0.05) is 30.3 Å². The largest absolute Gasteiger partial charge is 0.368 e. The molecule has 1 aliphatic heterocycles. The molecule has 1 N–H and O–H groups in total. The summed E-state index contributed by atoms with van der Waals surface area (Å²) in [6.45, 7) is 5.85. The number of piperazine rings is 1. The predicted octanol–water partition coefficient (Wildman–Crippen LogP) is 2.44. The third-order valence-corrected chi connectivity index (χ3v) is 5.00. The number of anilines is 2. The topological polar surface area (TPSA) is 74.2 Å². The molecular weight excluding hydrogens is 364 g/mol. The van der Waals surface area contributed by atoms with Crippen LogP contribution in [-0.2, 0) is 6.54 Å². The Bertz CT molecular complexity index is 970. The maximum atomic E-state index is 12.5. The Morgan fingerprint density at radius 3 is 2.45 bits per heavy atom. The van der Waals surface area contributed by atoms with E-state index in [1.165, 1.54) is 0 Å². The minimum Gasteiger partial charge on any atom is -0.368 e. The number of aryl methyl sites for hydroxylation is 1. The molecule has 0 saturated carbocycles. The predicted molar refractivity (Wildman–Crippen MR) is 113 cm³/mol. The average molecular weight is 388 g/mol. The number of pyridine rings is 1. The third-order valence-electron chi connectivity index (χ3n) is 5.00. The van der Waals surface area contributed by atoms with E-state index in [9.17, 15) is 4.79 Å². The summed E-state index contributed by atoms with van der Waals surface area (Å²) < 4.78 is 0. The molecule has 3 aromatic rings. The van der Waals surface area contributed by atoms with Gasteiger partial charge in [0.25, 0.3) is 5.91 Å². The Kier molecular flexibility index (Phi) is 5.65. The van der Waals surface area contributed by atoms with Gasteiger partial charge in [-0.25, -0.2) is 9.97 Å². The van der Waals surface area contributed by atoms with Crippen LogP contribution < -0.4 is 15.1 Å². The normalized spacial score (nSPS) is 14.0. The highest BCUT2D eigenvalue weighted by Gasteiger charge is 2.19. The van der Waals surface area contributed by atoms with Gasteiger partial charge in [0.05, 0.1) is 0 Å². The van der Waals surface area contributed by atoms with Crippen molar-refractivity contribution in [3.05, 3.63) is 78.0 Å². The van der Waals surface area contributed by atoms with Gasteiger partial charge in [-0.2, -0.15) is 0 Å². The Morgan fingerprint density at radius 2 is 1.69 bits per heavy atom. The smallest absolute Gasteiger partial charge is 0.270 e. The van der Waals surface area contributed by atoms with Gasteiger partial charge < -0.3 is 15.1 Å². The zero-order valence-corrected chi connectivity index (χ0v) is 16.5. The van der Waals surface area contributed by atoms with Crippen LogP contribution in [0.15, 0.2) is 60.9 Å². The first-order valence-corrected chi connectivity index (χ1v) is 9.77. The maximum Gasteiger partial charge on any atom is 0.270 e. The van der Waals surface area contributed by atoms with Crippen LogP contribution in [0, 0.1) is 6.92 Å². The standard InChI is InChI=1S/C22H24N6O/c1-17-23-10-8-21(26-17)28-13-11-27(12-14-28)19-7-9-24-20(15-19)22(29)25-16-18-5-3-2-4-6-18/h2-10,15H,11-14,16H2,1H3,(H,25,29). The molecule has 4 rings (SSSR count). The zero-order chi connectivity index (χ0) is 20.1. The van der Waals surface area contributed by atoms with Crippen molar-refractivity contribution in [2.45, 2.75) is 13.5 Å². The number of benzene rings is 1. The SMILES string of the molecule is Cc1nccc(N2CCN(c3ccnc(C(=O)NCc4ccccc4)c3)CC2)n1. The summed E-state index contributed by atoms with van der Waals surface area (Å²) in [7, 11) is 0. The molecule has 1 fully saturated rings. The van der Waals surface area contributed by atoms with E-state index >= 15 is 0 Å². The Labute approximate surface area is 170 Å². The molecule has 0 bridgehead atoms. The molecule has 0 spiro atoms. The van der Waals surface area contributed by atoms with Gasteiger partial charge in [-0.3, -0.25) is 9.78 Å². The Morgan fingerprint density at radius 1 is 0.966 bits per heavy atom. The van der Waals surface area contributed by atoms with Gasteiger partial charge in [0, 0.05) is 50.8 Å². The molecule has 2 aromatic heterocycles. The second kappa shape index (κ2) is 8.68. The quantitative estimate of drug-likeness (QED) is 0.724. The first-order chi connectivity index (χ1) is 14.2. The molecule has 1 aliphatic rings. The summed E-state index contributed by atoms with van der Waals surface area (Å²) in [6, 6.07) is 15.6. The highest BCUT2D eigenvalue weighted by Crippen LogP contribution is 2.19. The van der Waals surface area contributed by atoms with Gasteiger partial charge in [-0.15, -0.1) is 0 Å². The summed E-state index contributed by atoms with van der Waals surface area (Å²) >= 11 is 0. The number of hydrogen-bond acceptors (Lipinski definition) is 6. The second-order valence-electron chi connectivity index (χ2n) is 7.00. The minimum absolute atomic E-state index is 0.161. The number of hydrogen-bond donors (Lipinski definition) is 1. The summed E-state index contributed by atoms with van der Waals surface area (Å²) in [5.41, 5.74) is 2.52. The molecule has 0 unspecified atom stereocenters. The van der Waals surface area contributed by atoms with Gasteiger partial charge in [-0.05, 0) is 30.7 Å². The fourth-order valence-corrected chi connectivity index (χ4v) is 3.42. The number of carbonyl (C=O) groups excluding carboxylic acids is 1. The van der Waals surface area contributed by atoms with Crippen molar-refractivity contribution in [1.82, 2.24) is 20.3 Å². The molecule has 1 amide bonds. The monoisotopic (exact) mass is 388 g/mol. The molecule has 1 aromatic carbocycles. The summed E-state index contributed by atoms with van der Waals surface area (Å²) in [5.74, 6) is 1.59. The number of amides is 1. The van der Waals surface area contributed by atoms with Crippen LogP contribution >= 0.6 is 0 Å². The van der Waals surface area contributed by atoms with Gasteiger partial charge in [0.15, 0.2) is 0 Å². The number of nitrogens with zero attached hydrogens (tertiary/aromatic N) is 5. The maximum absolute atomic E-state index is 12.5. The van der Waals surface area contributed by atoms with E-state index in [4.69, 9.17) is 0 Å². The van der Waals surface area contributed by atoms with Crippen molar-refractivity contribution in [2.75, 3.05) is 36.0 Å². The van der Waals surface area contributed by atoms with E-state index in [0.29, 0.717) is 12.2 Å². The Balaban J connectivity index is 1.37. The van der Waals surface area contributed by atoms with Gasteiger partial charge >= 0.3 is 0 Å². The average Bonchev–Trinajstić information content (AvgIpc) is 2.78. The van der Waals surface area contributed by atoms with Gasteiger partial charge in [0.1, 0.15) is 17.3 Å². The lowest BCUT2D eigenvalue weighted by molar-refractivity contribution is 0.0946. The zero-order valence-electron chi connectivity index (χ0n) is 16.5. The molecule has 7 nitrogen and oxygen atoms in total. The lowest BCUT2D eigenvalue weighted by Gasteiger charge is -2.36. The molecule has 0 radical (unpaired) electrons. The summed E-state index contributed by atoms with van der Waals surface area (Å²) in [4.78, 5) is 30.0. The first kappa shape index (κ1) is 18.9. The van der Waals surface area contributed by atoms with Crippen molar-refractivity contribution in [3.63, 3.8) is 0 Å². The van der Waals surface area contributed by atoms with Gasteiger partial charge in [0.2, 0.25) is 0 Å². The molecule has 148 valence electrons. The van der Waals surface area contributed by atoms with Crippen LogP contribution in [0.3, 0.4) is 0 Å². The number of rotatable bonds is 5. The molecular formula is C22H24N6O. The van der Waals surface area contributed by atoms with Crippen molar-refractivity contribution in [2.24, 2.45) is 0 Å². The number of nitrogens with one attached hydrogen (secondary N) is 1. The van der Waals surface area contributed by atoms with Crippen LogP contribution in [0.2, 0.25) is 0 Å². The van der Waals surface area contributed by atoms with E-state index in [1.54, 1.807) is 12.4 Å². The van der Waals surface area contributed by atoms with E-state index in [1.807, 2.05) is 55.5 Å². The van der Waals surface area contributed by atoms with E-state index in [2.05, 4.69) is 30.1 Å². The van der Waals surface area contributed by atoms with Crippen LogP contribution in [0.4, 0.5) is 11.5 Å². The minimum atomic E-state index is -0.161. The van der Waals surface area contributed by atoms with Crippen LogP contribution in [-0.4, -0.2) is 47.0 Å². The molecule has 7 heteroatoms. The van der Waals surface area contributed by atoms with E-state index in [-0.39, 0.29) is 5.91 Å². The molecule has 0 atom stereocenters. The summed E-state index contributed by atoms with van der Waals surface area (Å²) in [5, 5.41) is 2.94. The lowest BCUT2D eigenvalue weighted by Crippen LogP contribution is -2.47. The molecule has 29 heavy (non-hydrogen) atoms. The number of aromatic nitrogens is 3. The van der Waals surface area contributed by atoms with Crippen molar-refractivity contribution in [1.29, 1.82) is 0 Å². The van der Waals surface area contributed by atoms with Crippen LogP contribution in [0.1, 0.15) is 21.9 Å². The third kappa shape index (κ3) is 4.68. The second-order valence-corrected chi connectivity index (χ2v) is 7.00. The number of carbonyl (C=O) groups is 1. The van der Waals surface area contributed by atoms with Crippen molar-refractivity contribution in [3.8, 4) is 0 Å². The van der Waals surface area contributed by atoms with Crippen LogP contribution in [0.5, 0.6) is 0 Å². The lowest BCUT2D eigenvalue weighted by atomic mass is 10.2. The van der Waals surface area contributed by atoms with E-state index in [0.717, 1.165) is 49.1 Å². The highest BCUT2D eigenvalue weighted by molar-refractivity contribution is 5.93. The van der Waals surface area contributed by atoms with Crippen LogP contribution in [0.25, 0.3) is 0 Å². The van der Waals surface area contributed by atoms with Crippen molar-refractivity contribution >= 4 is 17.4 Å². The fourth-order valence-electron chi connectivity index (χ4n) is 3.42. The molecule has 0 aliphatic carbocycles. The highest BCUT2D eigenvalue weighted by atomic mass is 16.1. The Hall–Kier alpha value is -3.48. The molecule has 1 saturated heterocycles. The summed E-state index contributed by atoms with van der Waals surface area (Å²) in [6.07, 6.45) is 3.50. The van der Waals surface area contributed by atoms with E-state index < -0.39 is 0 Å². The molecule has 3 heterocycles. The fraction of sp³-hybridized carbons (Fsp3) is 0.273. The van der Waals surface area contributed by atoms with Crippen molar-refractivity contribution < 1.29 is 4.79 Å². The first-order valence-electron chi connectivity index (χ1n) is 9.77.